The molecule has 1 aliphatic heterocycles. The van der Waals surface area contributed by atoms with Crippen LogP contribution in [0, 0.1) is 11.3 Å². The van der Waals surface area contributed by atoms with E-state index in [1.807, 2.05) is 24.3 Å². The Bertz CT molecular complexity index is 394. The molecule has 0 aliphatic carbocycles. The van der Waals surface area contributed by atoms with Gasteiger partial charge in [-0.15, -0.1) is 0 Å². The highest BCUT2D eigenvalue weighted by molar-refractivity contribution is 5.31. The van der Waals surface area contributed by atoms with Crippen molar-refractivity contribution in [2.45, 2.75) is 38.5 Å². The van der Waals surface area contributed by atoms with Crippen LogP contribution in [0.4, 0.5) is 0 Å². The molecule has 0 radical (unpaired) electrons. The Hall–Kier alpha value is -1.37. The topological polar surface area (TPSA) is 45.0 Å². The average Bonchev–Trinajstić information content (AvgIpc) is 2.76. The fourth-order valence-corrected chi connectivity index (χ4v) is 2.11. The molecule has 0 saturated carbocycles. The van der Waals surface area contributed by atoms with Crippen LogP contribution in [-0.2, 0) is 11.3 Å². The van der Waals surface area contributed by atoms with E-state index in [1.54, 1.807) is 0 Å². The van der Waals surface area contributed by atoms with Crippen LogP contribution in [0.3, 0.4) is 0 Å². The molecule has 1 saturated heterocycles. The summed E-state index contributed by atoms with van der Waals surface area (Å²) >= 11 is 0. The Morgan fingerprint density at radius 1 is 1.35 bits per heavy atom. The van der Waals surface area contributed by atoms with Gasteiger partial charge in [0.05, 0.1) is 23.8 Å². The van der Waals surface area contributed by atoms with E-state index in [1.165, 1.54) is 12.0 Å². The molecule has 1 heterocycles. The number of ether oxygens (including phenoxy) is 1. The maximum Gasteiger partial charge on any atom is 0.0991 e. The smallest absolute Gasteiger partial charge is 0.0991 e. The van der Waals surface area contributed by atoms with Crippen LogP contribution < -0.4 is 5.32 Å². The van der Waals surface area contributed by atoms with E-state index in [2.05, 4.69) is 18.3 Å². The maximum absolute atomic E-state index is 8.69. The Balaban J connectivity index is 1.73. The number of hydrogen-bond donors (Lipinski definition) is 1. The molecule has 2 rings (SSSR count). The minimum atomic E-state index is 0.364. The van der Waals surface area contributed by atoms with Gasteiger partial charge >= 0.3 is 0 Å². The van der Waals surface area contributed by atoms with Crippen molar-refractivity contribution in [2.75, 3.05) is 6.54 Å². The Kier molecular flexibility index (Phi) is 4.13. The molecule has 90 valence electrons. The first-order valence-corrected chi connectivity index (χ1v) is 6.13. The summed E-state index contributed by atoms with van der Waals surface area (Å²) in [7, 11) is 0. The first-order valence-electron chi connectivity index (χ1n) is 6.13. The molecule has 2 unspecified atom stereocenters. The fraction of sp³-hybridized carbons (Fsp3) is 0.500. The molecule has 0 spiro atoms. The van der Waals surface area contributed by atoms with Crippen LogP contribution in [0.15, 0.2) is 24.3 Å². The van der Waals surface area contributed by atoms with Crippen LogP contribution in [0.5, 0.6) is 0 Å². The molecule has 3 heteroatoms. The van der Waals surface area contributed by atoms with E-state index in [4.69, 9.17) is 10.00 Å². The SMILES string of the molecule is CC1CCC(CNCc2ccc(C#N)cc2)O1. The van der Waals surface area contributed by atoms with Crippen molar-refractivity contribution in [1.82, 2.24) is 5.32 Å². The standard InChI is InChI=1S/C14H18N2O/c1-11-2-7-14(17-11)10-16-9-13-5-3-12(8-15)4-6-13/h3-6,11,14,16H,2,7,9-10H2,1H3. The summed E-state index contributed by atoms with van der Waals surface area (Å²) in [6.45, 7) is 3.87. The first kappa shape index (κ1) is 12.1. The van der Waals surface area contributed by atoms with Gasteiger partial charge in [-0.05, 0) is 37.5 Å². The molecular weight excluding hydrogens is 212 g/mol. The first-order chi connectivity index (χ1) is 8.28. The van der Waals surface area contributed by atoms with Crippen molar-refractivity contribution < 1.29 is 4.74 Å². The Morgan fingerprint density at radius 3 is 2.71 bits per heavy atom. The largest absolute Gasteiger partial charge is 0.374 e. The van der Waals surface area contributed by atoms with E-state index < -0.39 is 0 Å². The predicted molar refractivity (Wildman–Crippen MR) is 66.4 cm³/mol. The van der Waals surface area contributed by atoms with Gasteiger partial charge in [-0.3, -0.25) is 0 Å². The average molecular weight is 230 g/mol. The zero-order valence-electron chi connectivity index (χ0n) is 10.1. The number of nitriles is 1. The van der Waals surface area contributed by atoms with Gasteiger partial charge in [-0.25, -0.2) is 0 Å². The van der Waals surface area contributed by atoms with E-state index in [9.17, 15) is 0 Å². The third-order valence-corrected chi connectivity index (χ3v) is 3.10. The molecule has 0 aromatic heterocycles. The van der Waals surface area contributed by atoms with Crippen molar-refractivity contribution in [2.24, 2.45) is 0 Å². The molecule has 1 aromatic carbocycles. The lowest BCUT2D eigenvalue weighted by atomic mass is 10.1. The number of benzene rings is 1. The summed E-state index contributed by atoms with van der Waals surface area (Å²) < 4.78 is 5.73. The van der Waals surface area contributed by atoms with E-state index in [0.717, 1.165) is 19.5 Å². The van der Waals surface area contributed by atoms with Gasteiger partial charge in [0.15, 0.2) is 0 Å². The maximum atomic E-state index is 8.69. The van der Waals surface area contributed by atoms with Crippen LogP contribution in [-0.4, -0.2) is 18.8 Å². The second-order valence-electron chi connectivity index (χ2n) is 4.59. The van der Waals surface area contributed by atoms with Crippen LogP contribution in [0.1, 0.15) is 30.9 Å². The van der Waals surface area contributed by atoms with Gasteiger partial charge in [-0.1, -0.05) is 12.1 Å². The van der Waals surface area contributed by atoms with E-state index in [0.29, 0.717) is 17.8 Å². The van der Waals surface area contributed by atoms with Crippen LogP contribution in [0.2, 0.25) is 0 Å². The highest BCUT2D eigenvalue weighted by Crippen LogP contribution is 2.18. The molecule has 2 atom stereocenters. The fourth-order valence-electron chi connectivity index (χ4n) is 2.11. The number of nitrogens with zero attached hydrogens (tertiary/aromatic N) is 1. The molecular formula is C14H18N2O. The van der Waals surface area contributed by atoms with Gasteiger partial charge < -0.3 is 10.1 Å². The molecule has 1 aliphatic rings. The predicted octanol–water partition coefficient (Wildman–Crippen LogP) is 2.22. The van der Waals surface area contributed by atoms with Gasteiger partial charge in [-0.2, -0.15) is 5.26 Å². The number of hydrogen-bond acceptors (Lipinski definition) is 3. The number of rotatable bonds is 4. The quantitative estimate of drug-likeness (QED) is 0.862. The molecule has 3 nitrogen and oxygen atoms in total. The van der Waals surface area contributed by atoms with Gasteiger partial charge in [0.2, 0.25) is 0 Å². The van der Waals surface area contributed by atoms with Crippen molar-refractivity contribution in [1.29, 1.82) is 5.26 Å². The molecule has 1 fully saturated rings. The summed E-state index contributed by atoms with van der Waals surface area (Å²) in [5, 5.41) is 12.1. The lowest BCUT2D eigenvalue weighted by molar-refractivity contribution is 0.0559. The summed E-state index contributed by atoms with van der Waals surface area (Å²) in [5.41, 5.74) is 1.91. The zero-order chi connectivity index (χ0) is 12.1. The zero-order valence-corrected chi connectivity index (χ0v) is 10.1. The van der Waals surface area contributed by atoms with Crippen LogP contribution >= 0.6 is 0 Å². The second-order valence-corrected chi connectivity index (χ2v) is 4.59. The summed E-state index contributed by atoms with van der Waals surface area (Å²) in [5.74, 6) is 0. The van der Waals surface area contributed by atoms with Gasteiger partial charge in [0.25, 0.3) is 0 Å². The summed E-state index contributed by atoms with van der Waals surface area (Å²) in [4.78, 5) is 0. The second kappa shape index (κ2) is 5.81. The van der Waals surface area contributed by atoms with Crippen molar-refractivity contribution in [3.8, 4) is 6.07 Å². The molecule has 1 N–H and O–H groups in total. The summed E-state index contributed by atoms with van der Waals surface area (Å²) in [6, 6.07) is 9.80. The molecule has 17 heavy (non-hydrogen) atoms. The highest BCUT2D eigenvalue weighted by atomic mass is 16.5. The van der Waals surface area contributed by atoms with E-state index >= 15 is 0 Å². The van der Waals surface area contributed by atoms with Gasteiger partial charge in [0, 0.05) is 13.1 Å². The summed E-state index contributed by atoms with van der Waals surface area (Å²) in [6.07, 6.45) is 3.10. The number of nitrogens with one attached hydrogen (secondary N) is 1. The van der Waals surface area contributed by atoms with Crippen LogP contribution in [0.25, 0.3) is 0 Å². The van der Waals surface area contributed by atoms with Crippen molar-refractivity contribution in [3.63, 3.8) is 0 Å². The molecule has 0 bridgehead atoms. The minimum Gasteiger partial charge on any atom is -0.374 e. The normalized spacial score (nSPS) is 23.5. The van der Waals surface area contributed by atoms with Crippen molar-refractivity contribution in [3.05, 3.63) is 35.4 Å². The third kappa shape index (κ3) is 3.55. The third-order valence-electron chi connectivity index (χ3n) is 3.10. The Morgan fingerprint density at radius 2 is 2.12 bits per heavy atom. The van der Waals surface area contributed by atoms with Crippen molar-refractivity contribution >= 4 is 0 Å². The molecule has 1 aromatic rings. The monoisotopic (exact) mass is 230 g/mol. The Labute approximate surface area is 102 Å². The molecule has 0 amide bonds. The van der Waals surface area contributed by atoms with Gasteiger partial charge in [0.1, 0.15) is 0 Å². The lowest BCUT2D eigenvalue weighted by Crippen LogP contribution is -2.26. The highest BCUT2D eigenvalue weighted by Gasteiger charge is 2.20. The van der Waals surface area contributed by atoms with E-state index in [-0.39, 0.29) is 0 Å². The minimum absolute atomic E-state index is 0.364. The lowest BCUT2D eigenvalue weighted by Gasteiger charge is -2.12.